The van der Waals surface area contributed by atoms with Crippen molar-refractivity contribution in [2.45, 2.75) is 26.4 Å². The zero-order valence-electron chi connectivity index (χ0n) is 9.69. The van der Waals surface area contributed by atoms with Gasteiger partial charge in [-0.1, -0.05) is 31.5 Å². The van der Waals surface area contributed by atoms with E-state index >= 15 is 0 Å². The minimum absolute atomic E-state index is 0.253. The van der Waals surface area contributed by atoms with Crippen LogP contribution in [0.1, 0.15) is 19.4 Å². The van der Waals surface area contributed by atoms with Crippen LogP contribution in [0.3, 0.4) is 0 Å². The van der Waals surface area contributed by atoms with Crippen molar-refractivity contribution in [2.24, 2.45) is 0 Å². The van der Waals surface area contributed by atoms with Gasteiger partial charge in [0.25, 0.3) is 0 Å². The van der Waals surface area contributed by atoms with Crippen LogP contribution in [0, 0.1) is 5.82 Å². The molecular formula is C12H18ClFN2. The summed E-state index contributed by atoms with van der Waals surface area (Å²) < 4.78 is 13.3. The second-order valence-electron chi connectivity index (χ2n) is 3.99. The van der Waals surface area contributed by atoms with Gasteiger partial charge in [-0.25, -0.2) is 4.39 Å². The Bertz CT molecular complexity index is 309. The molecule has 0 aliphatic heterocycles. The Morgan fingerprint density at radius 2 is 2.06 bits per heavy atom. The summed E-state index contributed by atoms with van der Waals surface area (Å²) in [6, 6.07) is 5.21. The molecule has 0 aliphatic carbocycles. The number of hydrogen-bond donors (Lipinski definition) is 2. The molecule has 0 atom stereocenters. The molecule has 0 radical (unpaired) electrons. The van der Waals surface area contributed by atoms with Crippen LogP contribution in [0.2, 0.25) is 5.02 Å². The number of rotatable bonds is 6. The Labute approximate surface area is 101 Å². The van der Waals surface area contributed by atoms with E-state index in [1.54, 1.807) is 12.1 Å². The average Bonchev–Trinajstić information content (AvgIpc) is 2.21. The first-order valence-electron chi connectivity index (χ1n) is 5.48. The van der Waals surface area contributed by atoms with Crippen molar-refractivity contribution in [2.75, 3.05) is 13.1 Å². The Morgan fingerprint density at radius 3 is 2.69 bits per heavy atom. The molecule has 2 nitrogen and oxygen atoms in total. The van der Waals surface area contributed by atoms with Crippen molar-refractivity contribution < 1.29 is 4.39 Å². The standard InChI is InChI=1S/C12H18ClFN2/c1-9(2)16-7-6-15-8-10-11(13)4-3-5-12(10)14/h3-5,9,15-16H,6-8H2,1-2H3. The van der Waals surface area contributed by atoms with Crippen molar-refractivity contribution in [3.63, 3.8) is 0 Å². The molecule has 1 aromatic carbocycles. The number of halogens is 2. The van der Waals surface area contributed by atoms with Crippen molar-refractivity contribution in [3.8, 4) is 0 Å². The van der Waals surface area contributed by atoms with Gasteiger partial charge < -0.3 is 10.6 Å². The molecule has 1 rings (SSSR count). The zero-order valence-corrected chi connectivity index (χ0v) is 10.4. The minimum Gasteiger partial charge on any atom is -0.313 e. The average molecular weight is 245 g/mol. The lowest BCUT2D eigenvalue weighted by atomic mass is 10.2. The maximum Gasteiger partial charge on any atom is 0.129 e. The van der Waals surface area contributed by atoms with Gasteiger partial charge in [0.1, 0.15) is 5.82 Å². The molecule has 1 aromatic rings. The third-order valence-electron chi connectivity index (χ3n) is 2.22. The van der Waals surface area contributed by atoms with Gasteiger partial charge in [0.15, 0.2) is 0 Å². The van der Waals surface area contributed by atoms with Crippen molar-refractivity contribution in [1.82, 2.24) is 10.6 Å². The van der Waals surface area contributed by atoms with E-state index < -0.39 is 0 Å². The summed E-state index contributed by atoms with van der Waals surface area (Å²) in [5.41, 5.74) is 0.536. The van der Waals surface area contributed by atoms with E-state index in [0.717, 1.165) is 13.1 Å². The Hall–Kier alpha value is -0.640. The molecule has 0 fully saturated rings. The number of hydrogen-bond acceptors (Lipinski definition) is 2. The van der Waals surface area contributed by atoms with E-state index in [1.807, 2.05) is 0 Å². The van der Waals surface area contributed by atoms with Crippen LogP contribution in [-0.2, 0) is 6.54 Å². The predicted molar refractivity (Wildman–Crippen MR) is 66.3 cm³/mol. The second-order valence-corrected chi connectivity index (χ2v) is 4.39. The summed E-state index contributed by atoms with van der Waals surface area (Å²) >= 11 is 5.90. The maximum atomic E-state index is 13.3. The minimum atomic E-state index is -0.253. The highest BCUT2D eigenvalue weighted by molar-refractivity contribution is 6.31. The molecule has 0 heterocycles. The first-order valence-corrected chi connectivity index (χ1v) is 5.86. The fourth-order valence-electron chi connectivity index (χ4n) is 1.36. The molecule has 0 amide bonds. The number of benzene rings is 1. The van der Waals surface area contributed by atoms with Gasteiger partial charge in [-0.2, -0.15) is 0 Å². The number of nitrogens with one attached hydrogen (secondary N) is 2. The van der Waals surface area contributed by atoms with Crippen LogP contribution in [-0.4, -0.2) is 19.1 Å². The Kier molecular flexibility index (Phi) is 5.74. The third kappa shape index (κ3) is 4.47. The summed E-state index contributed by atoms with van der Waals surface area (Å²) in [6.45, 7) is 6.30. The van der Waals surface area contributed by atoms with Crippen LogP contribution in [0.4, 0.5) is 4.39 Å². The molecule has 0 saturated carbocycles. The molecule has 2 N–H and O–H groups in total. The second kappa shape index (κ2) is 6.84. The van der Waals surface area contributed by atoms with Gasteiger partial charge in [-0.3, -0.25) is 0 Å². The lowest BCUT2D eigenvalue weighted by molar-refractivity contribution is 0.544. The van der Waals surface area contributed by atoms with Gasteiger partial charge in [-0.15, -0.1) is 0 Å². The lowest BCUT2D eigenvalue weighted by Gasteiger charge is -2.10. The van der Waals surface area contributed by atoms with E-state index in [0.29, 0.717) is 23.2 Å². The lowest BCUT2D eigenvalue weighted by Crippen LogP contribution is -2.31. The van der Waals surface area contributed by atoms with Crippen molar-refractivity contribution in [1.29, 1.82) is 0 Å². The van der Waals surface area contributed by atoms with E-state index in [2.05, 4.69) is 24.5 Å². The molecule has 4 heteroatoms. The van der Waals surface area contributed by atoms with E-state index in [1.165, 1.54) is 6.07 Å². The SMILES string of the molecule is CC(C)NCCNCc1c(F)cccc1Cl. The fourth-order valence-corrected chi connectivity index (χ4v) is 1.59. The van der Waals surface area contributed by atoms with Gasteiger partial charge in [0, 0.05) is 36.3 Å². The normalized spacial score (nSPS) is 11.1. The summed E-state index contributed by atoms with van der Waals surface area (Å²) in [6.07, 6.45) is 0. The molecule has 16 heavy (non-hydrogen) atoms. The molecule has 0 aliphatic rings. The zero-order chi connectivity index (χ0) is 12.0. The van der Waals surface area contributed by atoms with Gasteiger partial charge in [0.05, 0.1) is 0 Å². The quantitative estimate of drug-likeness (QED) is 0.752. The fraction of sp³-hybridized carbons (Fsp3) is 0.500. The monoisotopic (exact) mass is 244 g/mol. The largest absolute Gasteiger partial charge is 0.313 e. The van der Waals surface area contributed by atoms with Crippen LogP contribution < -0.4 is 10.6 Å². The summed E-state index contributed by atoms with van der Waals surface area (Å²) in [5.74, 6) is -0.253. The van der Waals surface area contributed by atoms with E-state index in [9.17, 15) is 4.39 Å². The molecule has 0 unspecified atom stereocenters. The highest BCUT2D eigenvalue weighted by Gasteiger charge is 2.05. The van der Waals surface area contributed by atoms with E-state index in [-0.39, 0.29) is 5.82 Å². The summed E-state index contributed by atoms with van der Waals surface area (Å²) in [5, 5.41) is 6.90. The smallest absolute Gasteiger partial charge is 0.129 e. The van der Waals surface area contributed by atoms with Crippen molar-refractivity contribution >= 4 is 11.6 Å². The molecule has 0 saturated heterocycles. The Balaban J connectivity index is 2.32. The van der Waals surface area contributed by atoms with Gasteiger partial charge in [-0.05, 0) is 12.1 Å². The molecule has 90 valence electrons. The van der Waals surface area contributed by atoms with Crippen molar-refractivity contribution in [3.05, 3.63) is 34.6 Å². The molecule has 0 bridgehead atoms. The molecule has 0 aromatic heterocycles. The molecular weight excluding hydrogens is 227 g/mol. The highest BCUT2D eigenvalue weighted by Crippen LogP contribution is 2.18. The van der Waals surface area contributed by atoms with Gasteiger partial charge >= 0.3 is 0 Å². The first-order chi connectivity index (χ1) is 7.61. The Morgan fingerprint density at radius 1 is 1.31 bits per heavy atom. The van der Waals surface area contributed by atoms with Crippen LogP contribution in [0.15, 0.2) is 18.2 Å². The third-order valence-corrected chi connectivity index (χ3v) is 2.57. The summed E-state index contributed by atoms with van der Waals surface area (Å²) in [7, 11) is 0. The topological polar surface area (TPSA) is 24.1 Å². The summed E-state index contributed by atoms with van der Waals surface area (Å²) in [4.78, 5) is 0. The van der Waals surface area contributed by atoms with Crippen LogP contribution >= 0.6 is 11.6 Å². The highest BCUT2D eigenvalue weighted by atomic mass is 35.5. The van der Waals surface area contributed by atoms with Crippen LogP contribution in [0.5, 0.6) is 0 Å². The predicted octanol–water partition coefficient (Wildman–Crippen LogP) is 2.57. The molecule has 0 spiro atoms. The van der Waals surface area contributed by atoms with E-state index in [4.69, 9.17) is 11.6 Å². The first kappa shape index (κ1) is 13.4. The maximum absolute atomic E-state index is 13.3. The van der Waals surface area contributed by atoms with Crippen LogP contribution in [0.25, 0.3) is 0 Å². The van der Waals surface area contributed by atoms with Gasteiger partial charge in [0.2, 0.25) is 0 Å².